The number of rotatable bonds is 7. The molecule has 1 aliphatic rings. The first-order chi connectivity index (χ1) is 16.9. The maximum atomic E-state index is 13.4. The molecular formula is C27H23NO5S2. The first kappa shape index (κ1) is 23.4. The fraction of sp³-hybridized carbons (Fsp3) is 0.185. The lowest BCUT2D eigenvalue weighted by molar-refractivity contribution is -0.143. The van der Waals surface area contributed by atoms with E-state index in [0.717, 1.165) is 33.2 Å². The Kier molecular flexibility index (Phi) is 6.51. The number of fused-ring (bicyclic) bond motifs is 2. The van der Waals surface area contributed by atoms with Crippen LogP contribution in [0.25, 0.3) is 10.8 Å². The average Bonchev–Trinajstić information content (AvgIpc) is 3.43. The quantitative estimate of drug-likeness (QED) is 0.261. The number of ketones is 1. The number of esters is 1. The number of thiophene rings is 1. The highest BCUT2D eigenvalue weighted by molar-refractivity contribution is 7.91. The van der Waals surface area contributed by atoms with Gasteiger partial charge in [-0.25, -0.2) is 8.42 Å². The van der Waals surface area contributed by atoms with Crippen LogP contribution in [0.15, 0.2) is 88.5 Å². The lowest BCUT2D eigenvalue weighted by Crippen LogP contribution is -2.41. The molecule has 0 saturated heterocycles. The van der Waals surface area contributed by atoms with E-state index in [-0.39, 0.29) is 23.0 Å². The molecule has 4 aromatic rings. The van der Waals surface area contributed by atoms with Crippen LogP contribution in [-0.2, 0) is 26.0 Å². The number of hydrogen-bond donors (Lipinski definition) is 0. The average molecular weight is 506 g/mol. The lowest BCUT2D eigenvalue weighted by atomic mass is 9.92. The maximum Gasteiger partial charge on any atom is 0.308 e. The Morgan fingerprint density at radius 3 is 2.54 bits per heavy atom. The standard InChI is InChI=1S/C27H23NO5S2/c29-25(23-12-5-9-19-7-1-3-10-21(19)23)18-33-26(30)17-24-22-11-4-2-8-20(22)14-15-28(24)35(31,32)27-13-6-16-34-27/h1-13,16,24H,14-15,17-18H2. The number of ether oxygens (including phenoxy) is 1. The molecule has 0 radical (unpaired) electrons. The van der Waals surface area contributed by atoms with Gasteiger partial charge in [-0.05, 0) is 39.8 Å². The van der Waals surface area contributed by atoms with Crippen molar-refractivity contribution in [3.63, 3.8) is 0 Å². The Morgan fingerprint density at radius 1 is 0.943 bits per heavy atom. The SMILES string of the molecule is O=C(CC1c2ccccc2CCN1S(=O)(=O)c1cccs1)OCC(=O)c1cccc2ccccc12. The van der Waals surface area contributed by atoms with Crippen molar-refractivity contribution in [1.82, 2.24) is 4.31 Å². The Balaban J connectivity index is 1.35. The second-order valence-corrected chi connectivity index (χ2v) is 11.4. The number of sulfonamides is 1. The molecule has 1 atom stereocenters. The minimum Gasteiger partial charge on any atom is -0.457 e. The van der Waals surface area contributed by atoms with Gasteiger partial charge >= 0.3 is 5.97 Å². The van der Waals surface area contributed by atoms with Gasteiger partial charge < -0.3 is 4.74 Å². The highest BCUT2D eigenvalue weighted by atomic mass is 32.2. The van der Waals surface area contributed by atoms with Crippen molar-refractivity contribution in [3.8, 4) is 0 Å². The van der Waals surface area contributed by atoms with Crippen LogP contribution in [-0.4, -0.2) is 37.6 Å². The predicted octanol–water partition coefficient (Wildman–Crippen LogP) is 5.01. The number of Topliss-reactive ketones (excluding diaryl/α,β-unsaturated/α-hetero) is 1. The van der Waals surface area contributed by atoms with E-state index in [1.54, 1.807) is 29.6 Å². The van der Waals surface area contributed by atoms with Gasteiger partial charge in [0.2, 0.25) is 5.78 Å². The molecule has 0 spiro atoms. The van der Waals surface area contributed by atoms with Crippen LogP contribution in [0.4, 0.5) is 0 Å². The van der Waals surface area contributed by atoms with Crippen molar-refractivity contribution in [1.29, 1.82) is 0 Å². The molecule has 2 heterocycles. The summed E-state index contributed by atoms with van der Waals surface area (Å²) in [7, 11) is -3.78. The third kappa shape index (κ3) is 4.65. The van der Waals surface area contributed by atoms with Crippen LogP contribution < -0.4 is 0 Å². The molecule has 1 aromatic heterocycles. The molecule has 178 valence electrons. The summed E-state index contributed by atoms with van der Waals surface area (Å²) in [5, 5.41) is 3.44. The summed E-state index contributed by atoms with van der Waals surface area (Å²) < 4.78 is 33.7. The molecule has 0 aliphatic carbocycles. The van der Waals surface area contributed by atoms with E-state index in [0.29, 0.717) is 12.0 Å². The molecule has 0 saturated carbocycles. The summed E-state index contributed by atoms with van der Waals surface area (Å²) >= 11 is 1.15. The second-order valence-electron chi connectivity index (χ2n) is 8.33. The third-order valence-electron chi connectivity index (χ3n) is 6.24. The molecule has 3 aromatic carbocycles. The first-order valence-electron chi connectivity index (χ1n) is 11.2. The van der Waals surface area contributed by atoms with E-state index in [9.17, 15) is 18.0 Å². The van der Waals surface area contributed by atoms with E-state index in [1.165, 1.54) is 4.31 Å². The van der Waals surface area contributed by atoms with Crippen molar-refractivity contribution in [2.24, 2.45) is 0 Å². The van der Waals surface area contributed by atoms with Gasteiger partial charge in [0.05, 0.1) is 12.5 Å². The van der Waals surface area contributed by atoms with E-state index < -0.39 is 28.6 Å². The summed E-state index contributed by atoms with van der Waals surface area (Å²) in [4.78, 5) is 25.7. The van der Waals surface area contributed by atoms with Crippen LogP contribution >= 0.6 is 11.3 Å². The van der Waals surface area contributed by atoms with Crippen LogP contribution in [0.5, 0.6) is 0 Å². The minimum absolute atomic E-state index is 0.176. The lowest BCUT2D eigenvalue weighted by Gasteiger charge is -2.35. The Hall–Kier alpha value is -3.33. The van der Waals surface area contributed by atoms with Crippen molar-refractivity contribution >= 4 is 43.9 Å². The smallest absolute Gasteiger partial charge is 0.308 e. The number of carbonyl (C=O) groups excluding carboxylic acids is 2. The highest BCUT2D eigenvalue weighted by Gasteiger charge is 2.38. The third-order valence-corrected chi connectivity index (χ3v) is 9.52. The molecule has 0 bridgehead atoms. The number of nitrogens with zero attached hydrogens (tertiary/aromatic N) is 1. The van der Waals surface area contributed by atoms with Crippen LogP contribution in [0.1, 0.15) is 33.9 Å². The molecule has 1 unspecified atom stereocenters. The molecule has 0 fully saturated rings. The highest BCUT2D eigenvalue weighted by Crippen LogP contribution is 2.37. The Bertz CT molecular complexity index is 1490. The first-order valence-corrected chi connectivity index (χ1v) is 13.6. The summed E-state index contributed by atoms with van der Waals surface area (Å²) in [6.07, 6.45) is 0.385. The van der Waals surface area contributed by atoms with Gasteiger partial charge in [0.25, 0.3) is 10.0 Å². The largest absolute Gasteiger partial charge is 0.457 e. The summed E-state index contributed by atoms with van der Waals surface area (Å²) in [5.41, 5.74) is 2.28. The molecule has 8 heteroatoms. The Labute approximate surface area is 207 Å². The Morgan fingerprint density at radius 2 is 1.71 bits per heavy atom. The van der Waals surface area contributed by atoms with Crippen molar-refractivity contribution in [2.75, 3.05) is 13.2 Å². The van der Waals surface area contributed by atoms with E-state index in [1.807, 2.05) is 54.6 Å². The van der Waals surface area contributed by atoms with Gasteiger partial charge in [-0.15, -0.1) is 11.3 Å². The summed E-state index contributed by atoms with van der Waals surface area (Å²) in [6, 6.07) is 23.1. The van der Waals surface area contributed by atoms with Gasteiger partial charge in [0, 0.05) is 12.1 Å². The van der Waals surface area contributed by atoms with Crippen LogP contribution in [0.3, 0.4) is 0 Å². The van der Waals surface area contributed by atoms with Crippen molar-refractivity contribution in [3.05, 3.63) is 101 Å². The zero-order valence-corrected chi connectivity index (χ0v) is 20.4. The zero-order chi connectivity index (χ0) is 24.4. The van der Waals surface area contributed by atoms with Gasteiger partial charge in [-0.2, -0.15) is 4.31 Å². The van der Waals surface area contributed by atoms with Crippen molar-refractivity contribution < 1.29 is 22.7 Å². The molecular weight excluding hydrogens is 482 g/mol. The summed E-state index contributed by atoms with van der Waals surface area (Å²) in [5.74, 6) is -0.922. The molecule has 35 heavy (non-hydrogen) atoms. The molecule has 5 rings (SSSR count). The van der Waals surface area contributed by atoms with Crippen LogP contribution in [0.2, 0.25) is 0 Å². The number of carbonyl (C=O) groups is 2. The van der Waals surface area contributed by atoms with Gasteiger partial charge in [0.15, 0.2) is 6.61 Å². The second kappa shape index (κ2) is 9.73. The van der Waals surface area contributed by atoms with Gasteiger partial charge in [0.1, 0.15) is 4.21 Å². The minimum atomic E-state index is -3.78. The topological polar surface area (TPSA) is 80.8 Å². The van der Waals surface area contributed by atoms with E-state index >= 15 is 0 Å². The molecule has 1 aliphatic heterocycles. The fourth-order valence-electron chi connectivity index (χ4n) is 4.56. The molecule has 0 amide bonds. The van der Waals surface area contributed by atoms with Gasteiger partial charge in [-0.1, -0.05) is 72.8 Å². The monoisotopic (exact) mass is 505 g/mol. The molecule has 6 nitrogen and oxygen atoms in total. The zero-order valence-electron chi connectivity index (χ0n) is 18.8. The molecule has 0 N–H and O–H groups in total. The fourth-order valence-corrected chi connectivity index (χ4v) is 7.29. The van der Waals surface area contributed by atoms with E-state index in [2.05, 4.69) is 0 Å². The number of hydrogen-bond acceptors (Lipinski definition) is 6. The van der Waals surface area contributed by atoms with Gasteiger partial charge in [-0.3, -0.25) is 9.59 Å². The number of benzene rings is 3. The maximum absolute atomic E-state index is 13.4. The van der Waals surface area contributed by atoms with Crippen molar-refractivity contribution in [2.45, 2.75) is 23.1 Å². The van der Waals surface area contributed by atoms with Crippen LogP contribution in [0, 0.1) is 0 Å². The normalized spacial score (nSPS) is 16.1. The summed E-state index contributed by atoms with van der Waals surface area (Å²) in [6.45, 7) is -0.136. The predicted molar refractivity (Wildman–Crippen MR) is 135 cm³/mol. The van der Waals surface area contributed by atoms with E-state index in [4.69, 9.17) is 4.74 Å².